The van der Waals surface area contributed by atoms with Gasteiger partial charge in [0, 0.05) is 0 Å². The summed E-state index contributed by atoms with van der Waals surface area (Å²) in [4.78, 5) is 13.3. The zero-order valence-electron chi connectivity index (χ0n) is 48.8. The summed E-state index contributed by atoms with van der Waals surface area (Å²) in [5.41, 5.74) is -0.442. The Balaban J connectivity index is 0.893. The van der Waals surface area contributed by atoms with Gasteiger partial charge in [-0.2, -0.15) is 0 Å². The van der Waals surface area contributed by atoms with Crippen LogP contribution in [-0.4, -0.2) is 251 Å². The van der Waals surface area contributed by atoms with E-state index in [4.69, 9.17) is 47.4 Å². The molecule has 0 aromatic rings. The number of carbonyl (C=O) groups is 1. The van der Waals surface area contributed by atoms with E-state index in [2.05, 4.69) is 54.5 Å². The zero-order chi connectivity index (χ0) is 60.4. The van der Waals surface area contributed by atoms with Gasteiger partial charge in [-0.3, -0.25) is 4.79 Å². The Labute approximate surface area is 483 Å². The second kappa shape index (κ2) is 23.6. The number of fused-ring (bicyclic) bond motifs is 7. The molecule has 0 unspecified atom stereocenters. The van der Waals surface area contributed by atoms with Crippen molar-refractivity contribution >= 4 is 5.97 Å². The molecular formula is C58H94O25. The van der Waals surface area contributed by atoms with Crippen molar-refractivity contribution in [2.75, 3.05) is 26.4 Å². The van der Waals surface area contributed by atoms with E-state index in [-0.39, 0.29) is 39.4 Å². The summed E-state index contributed by atoms with van der Waals surface area (Å²) in [5, 5.41) is 152. The molecule has 5 aliphatic heterocycles. The Kier molecular flexibility index (Phi) is 18.3. The van der Waals surface area contributed by atoms with Crippen LogP contribution in [0.3, 0.4) is 0 Å². The number of hydrogen-bond acceptors (Lipinski definition) is 24. The van der Waals surface area contributed by atoms with Gasteiger partial charge >= 0.3 is 5.97 Å². The van der Waals surface area contributed by atoms with Gasteiger partial charge in [0.15, 0.2) is 31.5 Å². The number of rotatable bonds is 13. The summed E-state index contributed by atoms with van der Waals surface area (Å²) in [6.45, 7) is 15.1. The fraction of sp³-hybridized carbons (Fsp3) is 0.948. The van der Waals surface area contributed by atoms with Gasteiger partial charge in [-0.25, -0.2) is 0 Å². The van der Waals surface area contributed by atoms with Gasteiger partial charge in [-0.15, -0.1) is 0 Å². The molecule has 83 heavy (non-hydrogen) atoms. The average molecular weight is 1190 g/mol. The predicted octanol–water partition coefficient (Wildman–Crippen LogP) is -1.34. The van der Waals surface area contributed by atoms with Crippen molar-refractivity contribution in [3.8, 4) is 0 Å². The van der Waals surface area contributed by atoms with Crippen LogP contribution >= 0.6 is 0 Å². The first kappa shape index (κ1) is 64.3. The molecule has 0 aromatic carbocycles. The summed E-state index contributed by atoms with van der Waals surface area (Å²) in [7, 11) is 0. The predicted molar refractivity (Wildman–Crippen MR) is 282 cm³/mol. The van der Waals surface area contributed by atoms with Crippen molar-refractivity contribution in [3.05, 3.63) is 11.6 Å². The van der Waals surface area contributed by atoms with Crippen molar-refractivity contribution in [2.45, 2.75) is 267 Å². The minimum atomic E-state index is -1.99. The fourth-order valence-electron chi connectivity index (χ4n) is 17.5. The molecule has 476 valence electrons. The van der Waals surface area contributed by atoms with Crippen LogP contribution in [0.25, 0.3) is 0 Å². The molecule has 0 aromatic heterocycles. The standard InChI is InChI=1S/C58H94O25/c1-24-34(62)45(82-47-40(68)35(63)27(61)22-74-47)43(71)50(76-24)83-46-37(65)30(79-48-42(70)39(67)44(29(21-60)78-48)81-49-41(69)38(66)36(64)28(20-59)77-49)23-75-51(46)80-33-12-13-55(6)31(54(33,4)5)11-14-57(8)32(55)10-9-25-26-19-53(2,3)15-17-58(26,52(72)73)18-16-56(25,57)7/h9,24,26-51,59-71H,10-23H2,1-8H3,(H,72,73)/t24-,26-,27+,28+,29+,30-,31-,32+,33-,34-,35-,36+,37-,38-,39+,40+,41+,42+,43+,44+,45+,46+,47-,48-,49-,50-,51-,55-,56+,57+,58-/m0/s1. The highest BCUT2D eigenvalue weighted by Gasteiger charge is 2.70. The monoisotopic (exact) mass is 1190 g/mol. The van der Waals surface area contributed by atoms with E-state index in [1.54, 1.807) is 0 Å². The van der Waals surface area contributed by atoms with Gasteiger partial charge < -0.3 is 119 Å². The second-order valence-electron chi connectivity index (χ2n) is 28.2. The highest BCUT2D eigenvalue weighted by atomic mass is 16.8. The van der Waals surface area contributed by atoms with E-state index in [9.17, 15) is 76.3 Å². The molecule has 0 radical (unpaired) electrons. The molecule has 25 heteroatoms. The first-order chi connectivity index (χ1) is 38.9. The topological polar surface area (TPSA) is 393 Å². The number of ether oxygens (including phenoxy) is 10. The van der Waals surface area contributed by atoms with E-state index in [1.165, 1.54) is 12.5 Å². The second-order valence-corrected chi connectivity index (χ2v) is 28.2. The molecular weight excluding hydrogens is 1100 g/mol. The summed E-state index contributed by atoms with van der Waals surface area (Å²) in [5.74, 6) is -0.323. The van der Waals surface area contributed by atoms with E-state index < -0.39 is 191 Å². The molecule has 31 atom stereocenters. The van der Waals surface area contributed by atoms with Crippen molar-refractivity contribution in [1.82, 2.24) is 0 Å². The lowest BCUT2D eigenvalue weighted by Gasteiger charge is -2.71. The van der Waals surface area contributed by atoms with Crippen LogP contribution in [0.2, 0.25) is 0 Å². The first-order valence-corrected chi connectivity index (χ1v) is 30.0. The molecule has 0 spiro atoms. The number of aliphatic carboxylic acids is 1. The van der Waals surface area contributed by atoms with E-state index in [0.717, 1.165) is 44.9 Å². The summed E-state index contributed by atoms with van der Waals surface area (Å²) < 4.78 is 60.5. The van der Waals surface area contributed by atoms with Crippen LogP contribution in [0, 0.1) is 50.2 Å². The maximum atomic E-state index is 13.3. The van der Waals surface area contributed by atoms with Crippen LogP contribution in [0.5, 0.6) is 0 Å². The van der Waals surface area contributed by atoms with Crippen LogP contribution in [0.1, 0.15) is 120 Å². The molecule has 25 nitrogen and oxygen atoms in total. The van der Waals surface area contributed by atoms with Crippen LogP contribution in [0.4, 0.5) is 0 Å². The smallest absolute Gasteiger partial charge is 0.310 e. The van der Waals surface area contributed by atoms with Crippen LogP contribution in [0.15, 0.2) is 11.6 Å². The van der Waals surface area contributed by atoms with Gasteiger partial charge in [0.2, 0.25) is 0 Å². The van der Waals surface area contributed by atoms with Crippen LogP contribution in [-0.2, 0) is 52.2 Å². The average Bonchev–Trinajstić information content (AvgIpc) is 1.00. The third kappa shape index (κ3) is 10.8. The fourth-order valence-corrected chi connectivity index (χ4v) is 17.5. The molecule has 0 bridgehead atoms. The number of hydrogen-bond donors (Lipinski definition) is 14. The Morgan fingerprint density at radius 1 is 0.554 bits per heavy atom. The first-order valence-electron chi connectivity index (χ1n) is 30.0. The van der Waals surface area contributed by atoms with Gasteiger partial charge in [0.25, 0.3) is 0 Å². The number of allylic oxidation sites excluding steroid dienone is 2. The minimum Gasteiger partial charge on any atom is -0.481 e. The molecule has 9 fully saturated rings. The molecule has 5 aliphatic carbocycles. The van der Waals surface area contributed by atoms with Crippen LogP contribution < -0.4 is 0 Å². The summed E-state index contributed by atoms with van der Waals surface area (Å²) in [6.07, 6.45) is -28.6. The largest absolute Gasteiger partial charge is 0.481 e. The lowest BCUT2D eigenvalue weighted by atomic mass is 9.33. The van der Waals surface area contributed by atoms with E-state index in [1.807, 2.05) is 0 Å². The molecule has 5 saturated heterocycles. The Hall–Kier alpha value is -1.71. The number of carboxylic acids is 1. The summed E-state index contributed by atoms with van der Waals surface area (Å²) in [6, 6.07) is 0. The van der Waals surface area contributed by atoms with Gasteiger partial charge in [-0.05, 0) is 116 Å². The third-order valence-electron chi connectivity index (χ3n) is 22.8. The Morgan fingerprint density at radius 3 is 1.84 bits per heavy atom. The molecule has 0 amide bonds. The Bertz CT molecular complexity index is 2310. The van der Waals surface area contributed by atoms with Gasteiger partial charge in [-0.1, -0.05) is 60.1 Å². The van der Waals surface area contributed by atoms with Gasteiger partial charge in [0.05, 0.1) is 44.1 Å². The lowest BCUT2D eigenvalue weighted by Crippen LogP contribution is -2.67. The highest BCUT2D eigenvalue weighted by Crippen LogP contribution is 2.76. The SMILES string of the molecule is C[C@@H]1O[C@@H](O[C@H]2[C@H](O[C@H]3CC[C@]4(C)[C@H]5CC=C6[C@@H]7CC(C)(C)CC[C@]7(C(=O)O)CC[C@@]6(C)[C@]5(C)CC[C@H]4C3(C)C)OC[C@H](O[C@@H]3O[C@H](CO)[C@@H](O[C@@H]4O[C@H](CO)[C@@H](O)[C@H](O)[C@H]4O)[C@H](O)[C@H]3O)[C@@H]2O)[C@H](O)[C@H](O[C@@H]2OC[C@@H](O)[C@H](O)[C@H]2O)[C@H]1O. The minimum absolute atomic E-state index is 0.0277. The Morgan fingerprint density at radius 2 is 1.16 bits per heavy atom. The quantitative estimate of drug-likeness (QED) is 0.0750. The van der Waals surface area contributed by atoms with Gasteiger partial charge in [0.1, 0.15) is 104 Å². The van der Waals surface area contributed by atoms with Crippen molar-refractivity contribution in [3.63, 3.8) is 0 Å². The lowest BCUT2D eigenvalue weighted by molar-refractivity contribution is -0.393. The van der Waals surface area contributed by atoms with E-state index in [0.29, 0.717) is 19.3 Å². The number of aliphatic hydroxyl groups excluding tert-OH is 13. The molecule has 10 rings (SSSR count). The summed E-state index contributed by atoms with van der Waals surface area (Å²) >= 11 is 0. The molecule has 5 heterocycles. The van der Waals surface area contributed by atoms with Crippen molar-refractivity contribution < 1.29 is 124 Å². The maximum absolute atomic E-state index is 13.3. The maximum Gasteiger partial charge on any atom is 0.310 e. The third-order valence-corrected chi connectivity index (χ3v) is 22.8. The normalized spacial score (nSPS) is 54.3. The highest BCUT2D eigenvalue weighted by molar-refractivity contribution is 5.76. The number of carboxylic acid groups (broad SMARTS) is 1. The number of aliphatic hydroxyl groups is 13. The molecule has 4 saturated carbocycles. The van der Waals surface area contributed by atoms with Crippen molar-refractivity contribution in [1.29, 1.82) is 0 Å². The molecule has 10 aliphatic rings. The van der Waals surface area contributed by atoms with Crippen molar-refractivity contribution in [2.24, 2.45) is 50.2 Å². The van der Waals surface area contributed by atoms with E-state index >= 15 is 0 Å². The molecule has 14 N–H and O–H groups in total. The zero-order valence-corrected chi connectivity index (χ0v) is 48.8.